The van der Waals surface area contributed by atoms with E-state index in [2.05, 4.69) is 35.2 Å². The Bertz CT molecular complexity index is 1350. The smallest absolute Gasteiger partial charge is 0.307 e. The number of anilines is 1. The number of H-pyrrole nitrogens is 1. The van der Waals surface area contributed by atoms with Crippen molar-refractivity contribution in [3.8, 4) is 0 Å². The Morgan fingerprint density at radius 1 is 0.919 bits per heavy atom. The number of imidazole rings is 1. The summed E-state index contributed by atoms with van der Waals surface area (Å²) in [5.41, 5.74) is 4.27. The topological polar surface area (TPSA) is 95.1 Å². The van der Waals surface area contributed by atoms with Crippen molar-refractivity contribution in [1.82, 2.24) is 9.97 Å². The van der Waals surface area contributed by atoms with E-state index >= 15 is 0 Å². The number of nitrogens with one attached hydrogen (secondary N) is 2. The third-order valence-corrected chi connectivity index (χ3v) is 8.32. The number of carbonyl (C=O) groups is 2. The number of benzene rings is 2. The highest BCUT2D eigenvalue weighted by molar-refractivity contribution is 6.30. The summed E-state index contributed by atoms with van der Waals surface area (Å²) in [5, 5.41) is 13.2. The molecule has 196 valence electrons. The van der Waals surface area contributed by atoms with Crippen LogP contribution in [0.3, 0.4) is 0 Å². The summed E-state index contributed by atoms with van der Waals surface area (Å²) in [7, 11) is 0. The number of carboxylic acid groups (broad SMARTS) is 1. The molecule has 2 aliphatic carbocycles. The molecule has 1 amide bonds. The Morgan fingerprint density at radius 2 is 1.46 bits per heavy atom. The Kier molecular flexibility index (Phi) is 7.21. The first-order valence-corrected chi connectivity index (χ1v) is 13.1. The van der Waals surface area contributed by atoms with Gasteiger partial charge in [0.1, 0.15) is 0 Å². The average molecular weight is 543 g/mol. The minimum atomic E-state index is -0.718. The summed E-state index contributed by atoms with van der Waals surface area (Å²) < 4.78 is 0. The van der Waals surface area contributed by atoms with Gasteiger partial charge in [-0.1, -0.05) is 75.2 Å². The molecule has 0 saturated heterocycles. The highest BCUT2D eigenvalue weighted by Crippen LogP contribution is 2.70. The van der Waals surface area contributed by atoms with E-state index in [1.54, 1.807) is 6.07 Å². The average Bonchev–Trinajstić information content (AvgIpc) is 3.50. The second kappa shape index (κ2) is 9.80. The maximum atomic E-state index is 11.2. The Morgan fingerprint density at radius 3 is 1.92 bits per heavy atom. The molecule has 8 heteroatoms. The first-order chi connectivity index (χ1) is 17.2. The van der Waals surface area contributed by atoms with Crippen LogP contribution in [0.2, 0.25) is 10.0 Å². The molecule has 4 atom stereocenters. The van der Waals surface area contributed by atoms with Crippen molar-refractivity contribution in [3.05, 3.63) is 81.1 Å². The number of carboxylic acids is 1. The van der Waals surface area contributed by atoms with Gasteiger partial charge in [0, 0.05) is 34.5 Å². The summed E-state index contributed by atoms with van der Waals surface area (Å²) >= 11 is 12.0. The van der Waals surface area contributed by atoms with Gasteiger partial charge in [0.05, 0.1) is 11.6 Å². The molecule has 5 rings (SSSR count). The van der Waals surface area contributed by atoms with E-state index in [9.17, 15) is 9.59 Å². The van der Waals surface area contributed by atoms with Crippen molar-refractivity contribution in [2.45, 2.75) is 59.3 Å². The molecule has 3 N–H and O–H groups in total. The second-order valence-electron chi connectivity index (χ2n) is 11.3. The van der Waals surface area contributed by atoms with Gasteiger partial charge in [-0.05, 0) is 59.1 Å². The van der Waals surface area contributed by atoms with Crippen molar-refractivity contribution in [3.63, 3.8) is 0 Å². The van der Waals surface area contributed by atoms with Gasteiger partial charge in [-0.3, -0.25) is 14.9 Å². The highest BCUT2D eigenvalue weighted by atomic mass is 35.5. The third-order valence-electron chi connectivity index (χ3n) is 7.85. The van der Waals surface area contributed by atoms with E-state index in [-0.39, 0.29) is 28.6 Å². The van der Waals surface area contributed by atoms with E-state index in [4.69, 9.17) is 28.3 Å². The zero-order valence-electron chi connectivity index (χ0n) is 21.9. The monoisotopic (exact) mass is 541 g/mol. The summed E-state index contributed by atoms with van der Waals surface area (Å²) in [5.74, 6) is 0.201. The molecule has 2 saturated carbocycles. The normalized spacial score (nSPS) is 24.4. The fraction of sp³-hybridized carbons (Fsp3) is 0.414. The molecular weight excluding hydrogens is 509 g/mol. The summed E-state index contributed by atoms with van der Waals surface area (Å²) in [6.45, 7) is 11.9. The fourth-order valence-corrected chi connectivity index (χ4v) is 6.29. The fourth-order valence-electron chi connectivity index (χ4n) is 5.89. The Labute approximate surface area is 227 Å². The van der Waals surface area contributed by atoms with Crippen molar-refractivity contribution in [1.29, 1.82) is 0 Å². The van der Waals surface area contributed by atoms with Crippen molar-refractivity contribution < 1.29 is 14.7 Å². The van der Waals surface area contributed by atoms with Crippen molar-refractivity contribution in [2.24, 2.45) is 16.7 Å². The van der Waals surface area contributed by atoms with Gasteiger partial charge in [0.15, 0.2) is 0 Å². The van der Waals surface area contributed by atoms with Crippen LogP contribution in [0.15, 0.2) is 48.5 Å². The molecule has 2 unspecified atom stereocenters. The molecule has 0 spiro atoms. The molecule has 0 bridgehead atoms. The molecule has 6 nitrogen and oxygen atoms in total. The van der Waals surface area contributed by atoms with Gasteiger partial charge < -0.3 is 10.1 Å². The minimum Gasteiger partial charge on any atom is -0.481 e. The van der Waals surface area contributed by atoms with Crippen LogP contribution in [0.25, 0.3) is 0 Å². The van der Waals surface area contributed by atoms with Gasteiger partial charge in [0.25, 0.3) is 0 Å². The minimum absolute atomic E-state index is 0.0914. The molecule has 2 aliphatic rings. The maximum absolute atomic E-state index is 11.2. The summed E-state index contributed by atoms with van der Waals surface area (Å²) in [6.07, 6.45) is 0. The number of halogens is 2. The first-order valence-electron chi connectivity index (χ1n) is 12.3. The summed E-state index contributed by atoms with van der Waals surface area (Å²) in [6, 6.07) is 15.5. The van der Waals surface area contributed by atoms with Crippen LogP contribution in [0, 0.1) is 23.7 Å². The molecule has 1 aromatic heterocycles. The lowest BCUT2D eigenvalue weighted by atomic mass is 10.0. The van der Waals surface area contributed by atoms with Crippen LogP contribution in [0.5, 0.6) is 0 Å². The zero-order valence-corrected chi connectivity index (χ0v) is 23.4. The number of aliphatic carboxylic acids is 1. The van der Waals surface area contributed by atoms with Gasteiger partial charge in [0.2, 0.25) is 11.9 Å². The number of nitrogens with zero attached hydrogens (tertiary/aromatic N) is 1. The van der Waals surface area contributed by atoms with E-state index in [1.165, 1.54) is 12.5 Å². The number of aromatic nitrogens is 2. The van der Waals surface area contributed by atoms with Crippen LogP contribution in [0.1, 0.15) is 74.9 Å². The third kappa shape index (κ3) is 5.41. The molecule has 0 radical (unpaired) electrons. The quantitative estimate of drug-likeness (QED) is 0.313. The van der Waals surface area contributed by atoms with E-state index < -0.39 is 5.97 Å². The Hall–Kier alpha value is -2.83. The van der Waals surface area contributed by atoms with Crippen LogP contribution in [-0.2, 0) is 9.59 Å². The van der Waals surface area contributed by atoms with Gasteiger partial charge in [-0.2, -0.15) is 0 Å². The molecule has 37 heavy (non-hydrogen) atoms. The standard InChI is InChI=1S/C17H20ClN3O.C12H13ClO2/c1-9-15(21-16(19-9)20-10(2)22)14-13(17(14,3)4)11-6-5-7-12(18)8-11;1-12(2)9(10(12)11(14)15)7-4-3-5-8(13)6-7/h5-8,13-14H,1-4H3,(H2,19,20,21,22);3-6,9-10H,1-2H3,(H,14,15)/t13?,14-;9?,10-/m00/s1. The van der Waals surface area contributed by atoms with Crippen LogP contribution >= 0.6 is 23.2 Å². The molecule has 3 aromatic rings. The lowest BCUT2D eigenvalue weighted by molar-refractivity contribution is -0.139. The number of carbonyl (C=O) groups excluding carboxylic acids is 1. The largest absolute Gasteiger partial charge is 0.481 e. The molecule has 1 heterocycles. The van der Waals surface area contributed by atoms with Gasteiger partial charge in [-0.25, -0.2) is 4.98 Å². The zero-order chi connectivity index (χ0) is 27.3. The number of amides is 1. The Balaban J connectivity index is 0.000000186. The lowest BCUT2D eigenvalue weighted by Crippen LogP contribution is -2.07. The lowest BCUT2D eigenvalue weighted by Gasteiger charge is -2.02. The number of rotatable bonds is 5. The number of aromatic amines is 1. The van der Waals surface area contributed by atoms with E-state index in [0.29, 0.717) is 22.8 Å². The maximum Gasteiger partial charge on any atom is 0.307 e. The van der Waals surface area contributed by atoms with Crippen LogP contribution < -0.4 is 5.32 Å². The van der Waals surface area contributed by atoms with Crippen LogP contribution in [-0.4, -0.2) is 27.0 Å². The number of hydrogen-bond acceptors (Lipinski definition) is 3. The predicted molar refractivity (Wildman–Crippen MR) is 147 cm³/mol. The SMILES string of the molecule is CC(=O)Nc1nc([C@@H]2C(c3cccc(Cl)c3)C2(C)C)c(C)[nH]1.CC1(C)C(c2cccc(Cl)c2)[C@H]1C(=O)O. The van der Waals surface area contributed by atoms with Crippen LogP contribution in [0.4, 0.5) is 5.95 Å². The van der Waals surface area contributed by atoms with Gasteiger partial charge >= 0.3 is 5.97 Å². The molecular formula is C29H33Cl2N3O3. The number of aryl methyl sites for hydroxylation is 1. The van der Waals surface area contributed by atoms with Crippen molar-refractivity contribution in [2.75, 3.05) is 5.32 Å². The first kappa shape index (κ1) is 27.2. The highest BCUT2D eigenvalue weighted by Gasteiger charge is 2.62. The number of hydrogen-bond donors (Lipinski definition) is 3. The summed E-state index contributed by atoms with van der Waals surface area (Å²) in [4.78, 5) is 29.9. The van der Waals surface area contributed by atoms with E-state index in [1.807, 2.05) is 57.2 Å². The molecule has 2 fully saturated rings. The molecule has 2 aromatic carbocycles. The molecule has 0 aliphatic heterocycles. The second-order valence-corrected chi connectivity index (χ2v) is 12.2. The van der Waals surface area contributed by atoms with E-state index in [0.717, 1.165) is 22.0 Å². The van der Waals surface area contributed by atoms with Gasteiger partial charge in [-0.15, -0.1) is 0 Å². The van der Waals surface area contributed by atoms with Crippen molar-refractivity contribution >= 4 is 41.0 Å². The predicted octanol–water partition coefficient (Wildman–Crippen LogP) is 7.40.